The molecular weight excluding hydrogens is 293 g/mol. The molecule has 1 heterocycles. The van der Waals surface area contributed by atoms with Gasteiger partial charge in [0.05, 0.1) is 26.4 Å². The van der Waals surface area contributed by atoms with Gasteiger partial charge < -0.3 is 9.47 Å². The topological polar surface area (TPSA) is 18.5 Å². The molecule has 0 amide bonds. The quantitative estimate of drug-likeness (QED) is 0.685. The van der Waals surface area contributed by atoms with Crippen LogP contribution in [0.1, 0.15) is 0 Å². The SMILES string of the molecule is C1COCCO1.Cl.Cl.Cl.Cl.Cl.Cl. The molecule has 0 N–H and O–H groups in total. The summed E-state index contributed by atoms with van der Waals surface area (Å²) in [5, 5.41) is 0. The Morgan fingerprint density at radius 2 is 0.583 bits per heavy atom. The predicted molar refractivity (Wildman–Crippen MR) is 65.1 cm³/mol. The van der Waals surface area contributed by atoms with E-state index in [1.807, 2.05) is 0 Å². The van der Waals surface area contributed by atoms with Crippen molar-refractivity contribution in [1.29, 1.82) is 0 Å². The first-order valence-electron chi connectivity index (χ1n) is 2.15. The Bertz CT molecular complexity index is 33.0. The second-order valence-corrected chi connectivity index (χ2v) is 1.22. The zero-order valence-electron chi connectivity index (χ0n) is 6.09. The van der Waals surface area contributed by atoms with Crippen LogP contribution >= 0.6 is 74.4 Å². The van der Waals surface area contributed by atoms with Crippen molar-refractivity contribution in [2.45, 2.75) is 0 Å². The number of halogens is 6. The first-order valence-corrected chi connectivity index (χ1v) is 2.15. The summed E-state index contributed by atoms with van der Waals surface area (Å²) in [6.07, 6.45) is 0. The average Bonchev–Trinajstić information content (AvgIpc) is 1.72. The lowest BCUT2D eigenvalue weighted by atomic mass is 10.6. The normalized spacial score (nSPS) is 12.0. The molecule has 0 saturated carbocycles. The van der Waals surface area contributed by atoms with Crippen molar-refractivity contribution in [3.8, 4) is 0 Å². The van der Waals surface area contributed by atoms with E-state index in [2.05, 4.69) is 0 Å². The number of hydrogen-bond acceptors (Lipinski definition) is 2. The molecule has 2 nitrogen and oxygen atoms in total. The van der Waals surface area contributed by atoms with Crippen molar-refractivity contribution in [1.82, 2.24) is 0 Å². The lowest BCUT2D eigenvalue weighted by Crippen LogP contribution is -2.16. The van der Waals surface area contributed by atoms with Crippen LogP contribution in [-0.2, 0) is 9.47 Å². The minimum atomic E-state index is 0. The number of hydrogen-bond donors (Lipinski definition) is 0. The minimum Gasteiger partial charge on any atom is -0.377 e. The average molecular weight is 307 g/mol. The maximum absolute atomic E-state index is 4.94. The van der Waals surface area contributed by atoms with Gasteiger partial charge in [-0.2, -0.15) is 0 Å². The zero-order valence-corrected chi connectivity index (χ0v) is 11.0. The molecule has 1 aliphatic rings. The highest BCUT2D eigenvalue weighted by Crippen LogP contribution is 1.85. The summed E-state index contributed by atoms with van der Waals surface area (Å²) in [4.78, 5) is 0. The Balaban J connectivity index is -0.0000000150. The van der Waals surface area contributed by atoms with Crippen LogP contribution in [0.5, 0.6) is 0 Å². The standard InChI is InChI=1S/C4H8O2.6ClH/c1-2-6-4-3-5-1;;;;;;/h1-4H2;6*1H. The van der Waals surface area contributed by atoms with Crippen molar-refractivity contribution >= 4 is 74.4 Å². The summed E-state index contributed by atoms with van der Waals surface area (Å²) in [5.74, 6) is 0. The van der Waals surface area contributed by atoms with Crippen LogP contribution in [0.25, 0.3) is 0 Å². The largest absolute Gasteiger partial charge is 0.377 e. The molecule has 0 bridgehead atoms. The van der Waals surface area contributed by atoms with Gasteiger partial charge in [-0.15, -0.1) is 74.4 Å². The molecule has 0 aliphatic carbocycles. The van der Waals surface area contributed by atoms with E-state index in [1.165, 1.54) is 0 Å². The molecular formula is C4H14Cl6O2. The molecule has 0 aromatic heterocycles. The molecule has 1 aliphatic heterocycles. The van der Waals surface area contributed by atoms with E-state index in [4.69, 9.17) is 9.47 Å². The summed E-state index contributed by atoms with van der Waals surface area (Å²) >= 11 is 0. The summed E-state index contributed by atoms with van der Waals surface area (Å²) < 4.78 is 9.89. The third kappa shape index (κ3) is 22.6. The molecule has 0 spiro atoms. The summed E-state index contributed by atoms with van der Waals surface area (Å²) in [6, 6.07) is 0. The molecule has 0 unspecified atom stereocenters. The van der Waals surface area contributed by atoms with Gasteiger partial charge in [0.15, 0.2) is 0 Å². The highest BCUT2D eigenvalue weighted by molar-refractivity contribution is 5.86. The molecule has 0 aromatic carbocycles. The Morgan fingerprint density at radius 1 is 0.417 bits per heavy atom. The Hall–Kier alpha value is 1.66. The molecule has 0 radical (unpaired) electrons. The maximum Gasteiger partial charge on any atom is 0.0701 e. The summed E-state index contributed by atoms with van der Waals surface area (Å²) in [5.41, 5.74) is 0. The molecule has 1 saturated heterocycles. The third-order valence-corrected chi connectivity index (χ3v) is 0.744. The fourth-order valence-electron chi connectivity index (χ4n) is 0.440. The Kier molecular flexibility index (Phi) is 91.2. The van der Waals surface area contributed by atoms with Crippen LogP contribution in [0, 0.1) is 0 Å². The second kappa shape index (κ2) is 29.3. The molecule has 0 atom stereocenters. The monoisotopic (exact) mass is 304 g/mol. The van der Waals surface area contributed by atoms with Crippen LogP contribution in [0.3, 0.4) is 0 Å². The van der Waals surface area contributed by atoms with Gasteiger partial charge in [0, 0.05) is 0 Å². The predicted octanol–water partition coefficient (Wildman–Crippen LogP) is 2.56. The van der Waals surface area contributed by atoms with Crippen LogP contribution in [0.4, 0.5) is 0 Å². The van der Waals surface area contributed by atoms with Gasteiger partial charge >= 0.3 is 0 Å². The molecule has 12 heavy (non-hydrogen) atoms. The van der Waals surface area contributed by atoms with E-state index >= 15 is 0 Å². The van der Waals surface area contributed by atoms with E-state index in [1.54, 1.807) is 0 Å². The van der Waals surface area contributed by atoms with Crippen molar-refractivity contribution < 1.29 is 9.47 Å². The van der Waals surface area contributed by atoms with Crippen LogP contribution < -0.4 is 0 Å². The van der Waals surface area contributed by atoms with Crippen molar-refractivity contribution in [2.24, 2.45) is 0 Å². The van der Waals surface area contributed by atoms with E-state index in [-0.39, 0.29) is 74.4 Å². The van der Waals surface area contributed by atoms with Gasteiger partial charge in [-0.05, 0) is 0 Å². The van der Waals surface area contributed by atoms with Crippen LogP contribution in [0.15, 0.2) is 0 Å². The molecule has 84 valence electrons. The Morgan fingerprint density at radius 3 is 0.667 bits per heavy atom. The maximum atomic E-state index is 4.94. The van der Waals surface area contributed by atoms with E-state index < -0.39 is 0 Å². The number of rotatable bonds is 0. The third-order valence-electron chi connectivity index (χ3n) is 0.744. The summed E-state index contributed by atoms with van der Waals surface area (Å²) in [7, 11) is 0. The van der Waals surface area contributed by atoms with Gasteiger partial charge in [0.25, 0.3) is 0 Å². The highest BCUT2D eigenvalue weighted by atomic mass is 35.5. The van der Waals surface area contributed by atoms with Crippen molar-refractivity contribution in [2.75, 3.05) is 26.4 Å². The fraction of sp³-hybridized carbons (Fsp3) is 1.00. The summed E-state index contributed by atoms with van der Waals surface area (Å²) in [6.45, 7) is 3.11. The van der Waals surface area contributed by atoms with E-state index in [0.717, 1.165) is 26.4 Å². The molecule has 0 aromatic rings. The minimum absolute atomic E-state index is 0. The van der Waals surface area contributed by atoms with Gasteiger partial charge in [0.1, 0.15) is 0 Å². The Labute approximate surface area is 110 Å². The second-order valence-electron chi connectivity index (χ2n) is 1.22. The molecule has 1 fully saturated rings. The number of ether oxygens (including phenoxy) is 2. The van der Waals surface area contributed by atoms with Crippen molar-refractivity contribution in [3.63, 3.8) is 0 Å². The fourth-order valence-corrected chi connectivity index (χ4v) is 0.440. The first-order chi connectivity index (χ1) is 3.00. The molecule has 8 heteroatoms. The van der Waals surface area contributed by atoms with Gasteiger partial charge in [-0.3, -0.25) is 0 Å². The smallest absolute Gasteiger partial charge is 0.0701 e. The highest BCUT2D eigenvalue weighted by Gasteiger charge is 1.94. The lowest BCUT2D eigenvalue weighted by Gasteiger charge is -2.09. The van der Waals surface area contributed by atoms with Crippen molar-refractivity contribution in [3.05, 3.63) is 0 Å². The van der Waals surface area contributed by atoms with Gasteiger partial charge in [0.2, 0.25) is 0 Å². The van der Waals surface area contributed by atoms with Gasteiger partial charge in [-0.25, -0.2) is 0 Å². The lowest BCUT2D eigenvalue weighted by molar-refractivity contribution is -0.0334. The first kappa shape index (κ1) is 37.3. The van der Waals surface area contributed by atoms with Gasteiger partial charge in [-0.1, -0.05) is 0 Å². The van der Waals surface area contributed by atoms with E-state index in [0.29, 0.717) is 0 Å². The van der Waals surface area contributed by atoms with Crippen LogP contribution in [-0.4, -0.2) is 26.4 Å². The zero-order chi connectivity index (χ0) is 4.24. The van der Waals surface area contributed by atoms with Crippen LogP contribution in [0.2, 0.25) is 0 Å². The molecule has 1 rings (SSSR count). The van der Waals surface area contributed by atoms with E-state index in [9.17, 15) is 0 Å².